The number of carboxylic acid groups (broad SMARTS) is 1. The molecule has 0 atom stereocenters. The van der Waals surface area contributed by atoms with E-state index in [1.54, 1.807) is 7.05 Å². The summed E-state index contributed by atoms with van der Waals surface area (Å²) in [5.41, 5.74) is 0.777. The number of hydrazine groups is 1. The number of benzene rings is 2. The first kappa shape index (κ1) is 22.7. The summed E-state index contributed by atoms with van der Waals surface area (Å²) in [6.45, 7) is 0.0386. The predicted molar refractivity (Wildman–Crippen MR) is 111 cm³/mol. The van der Waals surface area contributed by atoms with Crippen molar-refractivity contribution in [3.05, 3.63) is 53.2 Å². The van der Waals surface area contributed by atoms with Crippen LogP contribution < -0.4 is 9.75 Å². The van der Waals surface area contributed by atoms with Crippen molar-refractivity contribution >= 4 is 44.4 Å². The van der Waals surface area contributed by atoms with Gasteiger partial charge in [-0.2, -0.15) is 0 Å². The second kappa shape index (κ2) is 7.85. The minimum absolute atomic E-state index is 0.0386. The number of rotatable bonds is 5. The average molecular weight is 503 g/mol. The van der Waals surface area contributed by atoms with Crippen molar-refractivity contribution in [1.29, 1.82) is 0 Å². The Kier molecular flexibility index (Phi) is 5.41. The van der Waals surface area contributed by atoms with Crippen LogP contribution in [0.5, 0.6) is 5.75 Å². The van der Waals surface area contributed by atoms with Gasteiger partial charge in [-0.05, 0) is 36.4 Å². The van der Waals surface area contributed by atoms with Gasteiger partial charge in [-0.25, -0.2) is 23.2 Å². The molecule has 0 spiro atoms. The Bertz CT molecular complexity index is 1390. The van der Waals surface area contributed by atoms with Crippen molar-refractivity contribution in [3.8, 4) is 5.75 Å². The molecule has 4 rings (SSSR count). The number of aliphatic carboxylic acids is 1. The van der Waals surface area contributed by atoms with Gasteiger partial charge in [0.1, 0.15) is 5.75 Å². The molecule has 0 fully saturated rings. The molecule has 0 saturated heterocycles. The quantitative estimate of drug-likeness (QED) is 0.544. The maximum atomic E-state index is 13.1. The molecule has 1 aromatic heterocycles. The zero-order valence-electron chi connectivity index (χ0n) is 16.6. The molecule has 1 aliphatic rings. The molecule has 174 valence electrons. The second-order valence-electron chi connectivity index (χ2n) is 6.97. The number of H-pyrrole nitrogens is 1. The van der Waals surface area contributed by atoms with E-state index < -0.39 is 27.9 Å². The van der Waals surface area contributed by atoms with E-state index in [0.29, 0.717) is 11.0 Å². The summed E-state index contributed by atoms with van der Waals surface area (Å²) in [5, 5.41) is 12.1. The van der Waals surface area contributed by atoms with Crippen molar-refractivity contribution in [3.63, 3.8) is 0 Å². The molecule has 1 aliphatic heterocycles. The van der Waals surface area contributed by atoms with Gasteiger partial charge < -0.3 is 14.8 Å². The number of nitrogens with one attached hydrogen (secondary N) is 1. The van der Waals surface area contributed by atoms with Crippen molar-refractivity contribution in [2.75, 3.05) is 18.6 Å². The lowest BCUT2D eigenvalue weighted by Gasteiger charge is -2.23. The highest BCUT2D eigenvalue weighted by molar-refractivity contribution is 7.91. The third-order valence-electron chi connectivity index (χ3n) is 4.74. The van der Waals surface area contributed by atoms with Gasteiger partial charge in [0.2, 0.25) is 15.8 Å². The highest BCUT2D eigenvalue weighted by Crippen LogP contribution is 2.33. The Morgan fingerprint density at radius 2 is 1.91 bits per heavy atom. The van der Waals surface area contributed by atoms with Crippen LogP contribution in [0.3, 0.4) is 0 Å². The molecular weight excluding hydrogens is 489 g/mol. The molecule has 9 nitrogen and oxygen atoms in total. The van der Waals surface area contributed by atoms with Crippen LogP contribution in [0.4, 0.5) is 19.1 Å². The lowest BCUT2D eigenvalue weighted by atomic mass is 10.3. The van der Waals surface area contributed by atoms with Gasteiger partial charge in [-0.1, -0.05) is 11.6 Å². The minimum atomic E-state index is -4.91. The first-order chi connectivity index (χ1) is 15.3. The number of hydrogen-bond acceptors (Lipinski definition) is 7. The Hall–Kier alpha value is -3.45. The number of aromatic nitrogens is 2. The van der Waals surface area contributed by atoms with E-state index in [2.05, 4.69) is 14.7 Å². The number of imidazole rings is 1. The van der Waals surface area contributed by atoms with Crippen molar-refractivity contribution in [2.45, 2.75) is 16.2 Å². The number of fused-ring (bicyclic) bond motifs is 1. The summed E-state index contributed by atoms with van der Waals surface area (Å²) < 4.78 is 66.9. The standard InChI is InChI=1S/C19H14ClF3N4O5S/c1-26-8-10(17(28)29)9-27(26)18-24-14-6-13(20)16(7-15(14)25-18)33(30,31)12-4-2-11(3-5-12)32-19(21,22)23/h2-8H,9H2,1H3,(H,24,25)(H,28,29). The molecule has 0 unspecified atom stereocenters. The van der Waals surface area contributed by atoms with E-state index >= 15 is 0 Å². The number of carboxylic acids is 1. The average Bonchev–Trinajstić information content (AvgIpc) is 3.29. The lowest BCUT2D eigenvalue weighted by Crippen LogP contribution is -2.33. The third-order valence-corrected chi connectivity index (χ3v) is 6.98. The molecule has 0 saturated carbocycles. The minimum Gasteiger partial charge on any atom is -0.478 e. The monoisotopic (exact) mass is 502 g/mol. The number of hydrogen-bond donors (Lipinski definition) is 2. The topological polar surface area (TPSA) is 116 Å². The lowest BCUT2D eigenvalue weighted by molar-refractivity contribution is -0.274. The smallest absolute Gasteiger partial charge is 0.478 e. The summed E-state index contributed by atoms with van der Waals surface area (Å²) in [6, 6.07) is 6.31. The number of aromatic amines is 1. The fraction of sp³-hybridized carbons (Fsp3) is 0.158. The van der Waals surface area contributed by atoms with Gasteiger partial charge in [0, 0.05) is 13.2 Å². The molecule has 3 aromatic rings. The van der Waals surface area contributed by atoms with Crippen LogP contribution in [0, 0.1) is 0 Å². The van der Waals surface area contributed by atoms with Crippen LogP contribution in [0.25, 0.3) is 11.0 Å². The molecule has 33 heavy (non-hydrogen) atoms. The Morgan fingerprint density at radius 1 is 1.24 bits per heavy atom. The highest BCUT2D eigenvalue weighted by Gasteiger charge is 2.31. The number of halogens is 4. The molecule has 2 aromatic carbocycles. The number of anilines is 1. The van der Waals surface area contributed by atoms with Gasteiger partial charge in [-0.3, -0.25) is 5.01 Å². The van der Waals surface area contributed by atoms with Crippen LogP contribution in [-0.2, 0) is 14.6 Å². The molecule has 0 amide bonds. The number of ether oxygens (including phenoxy) is 1. The molecular formula is C19H14ClF3N4O5S. The highest BCUT2D eigenvalue weighted by atomic mass is 35.5. The normalized spacial score (nSPS) is 14.6. The van der Waals surface area contributed by atoms with E-state index in [1.807, 2.05) is 0 Å². The molecule has 14 heteroatoms. The number of carbonyl (C=O) groups is 1. The summed E-state index contributed by atoms with van der Waals surface area (Å²) in [4.78, 5) is 17.9. The van der Waals surface area contributed by atoms with Crippen LogP contribution in [0.1, 0.15) is 0 Å². The predicted octanol–water partition coefficient (Wildman–Crippen LogP) is 3.58. The van der Waals surface area contributed by atoms with Crippen molar-refractivity contribution in [2.24, 2.45) is 0 Å². The first-order valence-electron chi connectivity index (χ1n) is 9.09. The summed E-state index contributed by atoms with van der Waals surface area (Å²) >= 11 is 6.20. The van der Waals surface area contributed by atoms with Crippen LogP contribution in [-0.4, -0.2) is 54.4 Å². The van der Waals surface area contributed by atoms with E-state index in [4.69, 9.17) is 11.6 Å². The zero-order chi connectivity index (χ0) is 24.1. The van der Waals surface area contributed by atoms with E-state index in [0.717, 1.165) is 24.3 Å². The van der Waals surface area contributed by atoms with Crippen molar-refractivity contribution < 1.29 is 36.2 Å². The van der Waals surface area contributed by atoms with Crippen molar-refractivity contribution in [1.82, 2.24) is 15.0 Å². The van der Waals surface area contributed by atoms with Gasteiger partial charge in [-0.15, -0.1) is 13.2 Å². The number of alkyl halides is 3. The Morgan fingerprint density at radius 3 is 2.48 bits per heavy atom. The van der Waals surface area contributed by atoms with E-state index in [9.17, 15) is 31.5 Å². The fourth-order valence-electron chi connectivity index (χ4n) is 3.23. The third kappa shape index (κ3) is 4.41. The largest absolute Gasteiger partial charge is 0.573 e. The van der Waals surface area contributed by atoms with Gasteiger partial charge in [0.25, 0.3) is 0 Å². The Balaban J connectivity index is 1.67. The maximum Gasteiger partial charge on any atom is 0.573 e. The zero-order valence-corrected chi connectivity index (χ0v) is 18.2. The maximum absolute atomic E-state index is 13.1. The van der Waals surface area contributed by atoms with Crippen LogP contribution in [0.15, 0.2) is 58.0 Å². The molecule has 0 aliphatic carbocycles. The summed E-state index contributed by atoms with van der Waals surface area (Å²) in [6.07, 6.45) is -3.48. The summed E-state index contributed by atoms with van der Waals surface area (Å²) in [5.74, 6) is -1.38. The van der Waals surface area contributed by atoms with E-state index in [-0.39, 0.29) is 32.9 Å². The van der Waals surface area contributed by atoms with Crippen LogP contribution in [0.2, 0.25) is 5.02 Å². The van der Waals surface area contributed by atoms with E-state index in [1.165, 1.54) is 28.4 Å². The molecule has 0 radical (unpaired) electrons. The number of nitrogens with zero attached hydrogens (tertiary/aromatic N) is 3. The summed E-state index contributed by atoms with van der Waals surface area (Å²) in [7, 11) is -2.57. The van der Waals surface area contributed by atoms with Crippen LogP contribution >= 0.6 is 11.6 Å². The number of sulfone groups is 1. The van der Waals surface area contributed by atoms with Gasteiger partial charge in [0.05, 0.1) is 38.0 Å². The molecule has 2 heterocycles. The molecule has 0 bridgehead atoms. The SMILES string of the molecule is CN1C=C(C(=O)O)CN1c1nc2cc(Cl)c(S(=O)(=O)c3ccc(OC(F)(F)F)cc3)cc2[nH]1. The molecule has 2 N–H and O–H groups in total. The Labute approximate surface area is 189 Å². The second-order valence-corrected chi connectivity index (χ2v) is 9.30. The van der Waals surface area contributed by atoms with Gasteiger partial charge >= 0.3 is 12.3 Å². The van der Waals surface area contributed by atoms with Gasteiger partial charge in [0.15, 0.2) is 0 Å². The fourth-order valence-corrected chi connectivity index (χ4v) is 5.03. The first-order valence-corrected chi connectivity index (χ1v) is 11.0.